The van der Waals surface area contributed by atoms with Gasteiger partial charge in [0.1, 0.15) is 5.52 Å². The maximum atomic E-state index is 6.40. The fraction of sp³-hybridized carbons (Fsp3) is 0.250. The molecule has 106 valence electrons. The zero-order chi connectivity index (χ0) is 14.2. The van der Waals surface area contributed by atoms with E-state index >= 15 is 0 Å². The Labute approximate surface area is 127 Å². The SMILES string of the molecule is Clc1cccc(-n2nnc3ccccc32)c1CNC1CC1. The van der Waals surface area contributed by atoms with Crippen molar-refractivity contribution in [1.82, 2.24) is 20.3 Å². The van der Waals surface area contributed by atoms with Gasteiger partial charge < -0.3 is 5.32 Å². The van der Waals surface area contributed by atoms with Crippen molar-refractivity contribution in [2.75, 3.05) is 0 Å². The quantitative estimate of drug-likeness (QED) is 0.803. The van der Waals surface area contributed by atoms with Crippen LogP contribution >= 0.6 is 11.6 Å². The number of fused-ring (bicyclic) bond motifs is 1. The van der Waals surface area contributed by atoms with Gasteiger partial charge in [0.15, 0.2) is 0 Å². The Hall–Kier alpha value is -1.91. The lowest BCUT2D eigenvalue weighted by Gasteiger charge is -2.12. The van der Waals surface area contributed by atoms with E-state index in [1.807, 2.05) is 47.1 Å². The highest BCUT2D eigenvalue weighted by molar-refractivity contribution is 6.31. The third-order valence-electron chi connectivity index (χ3n) is 3.82. The Kier molecular flexibility index (Phi) is 3.13. The smallest absolute Gasteiger partial charge is 0.113 e. The summed E-state index contributed by atoms with van der Waals surface area (Å²) in [5, 5.41) is 12.8. The van der Waals surface area contributed by atoms with Gasteiger partial charge >= 0.3 is 0 Å². The van der Waals surface area contributed by atoms with E-state index in [4.69, 9.17) is 11.6 Å². The maximum Gasteiger partial charge on any atom is 0.113 e. The molecule has 1 N–H and O–H groups in total. The molecule has 4 nitrogen and oxygen atoms in total. The van der Waals surface area contributed by atoms with Crippen LogP contribution in [0.1, 0.15) is 18.4 Å². The molecule has 5 heteroatoms. The van der Waals surface area contributed by atoms with Gasteiger partial charge in [-0.25, -0.2) is 4.68 Å². The first kappa shape index (κ1) is 12.8. The molecule has 4 rings (SSSR count). The predicted octanol–water partition coefficient (Wildman–Crippen LogP) is 3.33. The first-order valence-electron chi connectivity index (χ1n) is 7.14. The Morgan fingerprint density at radius 1 is 1.14 bits per heavy atom. The number of hydrogen-bond acceptors (Lipinski definition) is 3. The molecule has 1 heterocycles. The third-order valence-corrected chi connectivity index (χ3v) is 4.17. The lowest BCUT2D eigenvalue weighted by Crippen LogP contribution is -2.17. The van der Waals surface area contributed by atoms with Gasteiger partial charge in [-0.2, -0.15) is 0 Å². The van der Waals surface area contributed by atoms with Crippen molar-refractivity contribution < 1.29 is 0 Å². The molecule has 1 saturated carbocycles. The molecule has 0 atom stereocenters. The summed E-state index contributed by atoms with van der Waals surface area (Å²) in [6.07, 6.45) is 2.51. The van der Waals surface area contributed by atoms with Gasteiger partial charge in [-0.1, -0.05) is 35.0 Å². The predicted molar refractivity (Wildman–Crippen MR) is 83.7 cm³/mol. The monoisotopic (exact) mass is 298 g/mol. The van der Waals surface area contributed by atoms with Crippen LogP contribution in [0.15, 0.2) is 42.5 Å². The van der Waals surface area contributed by atoms with Gasteiger partial charge in [0.25, 0.3) is 0 Å². The minimum Gasteiger partial charge on any atom is -0.310 e. The Morgan fingerprint density at radius 3 is 2.86 bits per heavy atom. The molecule has 2 aromatic carbocycles. The number of rotatable bonds is 4. The molecule has 0 unspecified atom stereocenters. The molecule has 0 bridgehead atoms. The van der Waals surface area contributed by atoms with Gasteiger partial charge in [-0.05, 0) is 37.1 Å². The summed E-state index contributed by atoms with van der Waals surface area (Å²) in [7, 11) is 0. The molecular weight excluding hydrogens is 284 g/mol. The molecule has 1 aliphatic carbocycles. The van der Waals surface area contributed by atoms with Gasteiger partial charge in [0, 0.05) is 23.2 Å². The molecule has 0 radical (unpaired) electrons. The average molecular weight is 299 g/mol. The third kappa shape index (κ3) is 2.41. The molecule has 1 aromatic heterocycles. The van der Waals surface area contributed by atoms with Crippen LogP contribution in [-0.4, -0.2) is 21.0 Å². The van der Waals surface area contributed by atoms with Crippen LogP contribution in [0, 0.1) is 0 Å². The zero-order valence-electron chi connectivity index (χ0n) is 11.5. The van der Waals surface area contributed by atoms with E-state index in [1.54, 1.807) is 0 Å². The number of nitrogens with one attached hydrogen (secondary N) is 1. The molecule has 3 aromatic rings. The highest BCUT2D eigenvalue weighted by Gasteiger charge is 2.21. The highest BCUT2D eigenvalue weighted by Crippen LogP contribution is 2.27. The average Bonchev–Trinajstić information content (AvgIpc) is 3.23. The number of benzene rings is 2. The summed E-state index contributed by atoms with van der Waals surface area (Å²) in [5.74, 6) is 0. The largest absolute Gasteiger partial charge is 0.310 e. The van der Waals surface area contributed by atoms with Crippen LogP contribution in [0.25, 0.3) is 16.7 Å². The molecule has 1 aliphatic rings. The number of halogens is 1. The van der Waals surface area contributed by atoms with Crippen LogP contribution < -0.4 is 5.32 Å². The Morgan fingerprint density at radius 2 is 2.00 bits per heavy atom. The lowest BCUT2D eigenvalue weighted by atomic mass is 10.1. The van der Waals surface area contributed by atoms with Crippen LogP contribution in [-0.2, 0) is 6.54 Å². The number of nitrogens with zero attached hydrogens (tertiary/aromatic N) is 3. The zero-order valence-corrected chi connectivity index (χ0v) is 12.2. The summed E-state index contributed by atoms with van der Waals surface area (Å²) >= 11 is 6.40. The van der Waals surface area contributed by atoms with E-state index in [1.165, 1.54) is 12.8 Å². The number of para-hydroxylation sites is 1. The summed E-state index contributed by atoms with van der Waals surface area (Å²) < 4.78 is 1.87. The summed E-state index contributed by atoms with van der Waals surface area (Å²) in [6, 6.07) is 14.5. The number of hydrogen-bond donors (Lipinski definition) is 1. The second-order valence-corrected chi connectivity index (χ2v) is 5.79. The first-order valence-corrected chi connectivity index (χ1v) is 7.52. The van der Waals surface area contributed by atoms with E-state index in [0.717, 1.165) is 33.9 Å². The van der Waals surface area contributed by atoms with Gasteiger partial charge in [-0.3, -0.25) is 0 Å². The van der Waals surface area contributed by atoms with Gasteiger partial charge in [0.2, 0.25) is 0 Å². The van der Waals surface area contributed by atoms with Crippen molar-refractivity contribution in [2.45, 2.75) is 25.4 Å². The molecule has 0 aliphatic heterocycles. The van der Waals surface area contributed by atoms with Crippen LogP contribution in [0.2, 0.25) is 5.02 Å². The minimum atomic E-state index is 0.640. The van der Waals surface area contributed by atoms with E-state index in [0.29, 0.717) is 6.04 Å². The molecule has 0 amide bonds. The lowest BCUT2D eigenvalue weighted by molar-refractivity contribution is 0.680. The van der Waals surface area contributed by atoms with Crippen molar-refractivity contribution in [2.24, 2.45) is 0 Å². The summed E-state index contributed by atoms with van der Waals surface area (Å²) in [5.41, 5.74) is 3.94. The van der Waals surface area contributed by atoms with Crippen LogP contribution in [0.4, 0.5) is 0 Å². The summed E-state index contributed by atoms with van der Waals surface area (Å²) in [6.45, 7) is 0.758. The maximum absolute atomic E-state index is 6.40. The van der Waals surface area contributed by atoms with E-state index in [2.05, 4.69) is 15.6 Å². The topological polar surface area (TPSA) is 42.7 Å². The highest BCUT2D eigenvalue weighted by atomic mass is 35.5. The normalized spacial score (nSPS) is 14.7. The van der Waals surface area contributed by atoms with Crippen molar-refractivity contribution in [1.29, 1.82) is 0 Å². The number of aromatic nitrogens is 3. The molecule has 1 fully saturated rings. The Bertz CT molecular complexity index is 792. The molecule has 21 heavy (non-hydrogen) atoms. The fourth-order valence-electron chi connectivity index (χ4n) is 2.50. The van der Waals surface area contributed by atoms with Crippen LogP contribution in [0.5, 0.6) is 0 Å². The molecule has 0 saturated heterocycles. The minimum absolute atomic E-state index is 0.640. The van der Waals surface area contributed by atoms with Crippen LogP contribution in [0.3, 0.4) is 0 Å². The molecular formula is C16H15ClN4. The van der Waals surface area contributed by atoms with E-state index in [-0.39, 0.29) is 0 Å². The van der Waals surface area contributed by atoms with Crippen molar-refractivity contribution in [3.8, 4) is 5.69 Å². The van der Waals surface area contributed by atoms with E-state index < -0.39 is 0 Å². The van der Waals surface area contributed by atoms with Crippen molar-refractivity contribution in [3.05, 3.63) is 53.1 Å². The van der Waals surface area contributed by atoms with E-state index in [9.17, 15) is 0 Å². The van der Waals surface area contributed by atoms with Crippen molar-refractivity contribution >= 4 is 22.6 Å². The Balaban J connectivity index is 1.81. The van der Waals surface area contributed by atoms with Gasteiger partial charge in [0.05, 0.1) is 11.2 Å². The second kappa shape index (κ2) is 5.13. The summed E-state index contributed by atoms with van der Waals surface area (Å²) in [4.78, 5) is 0. The van der Waals surface area contributed by atoms with Gasteiger partial charge in [-0.15, -0.1) is 5.10 Å². The van der Waals surface area contributed by atoms with Crippen molar-refractivity contribution in [3.63, 3.8) is 0 Å². The first-order chi connectivity index (χ1) is 10.3. The molecule has 0 spiro atoms. The standard InChI is InChI=1S/C16H15ClN4/c17-13-4-3-7-15(12(13)10-18-11-8-9-11)21-16-6-2-1-5-14(16)19-20-21/h1-7,11,18H,8-10H2. The fourth-order valence-corrected chi connectivity index (χ4v) is 2.74. The second-order valence-electron chi connectivity index (χ2n) is 5.38.